The summed E-state index contributed by atoms with van der Waals surface area (Å²) in [4.78, 5) is 7.18. The van der Waals surface area contributed by atoms with Crippen LogP contribution in [0.5, 0.6) is 17.2 Å². The molecule has 0 amide bonds. The summed E-state index contributed by atoms with van der Waals surface area (Å²) >= 11 is 0. The van der Waals surface area contributed by atoms with Gasteiger partial charge in [-0.2, -0.15) is 0 Å². The number of nitrogens with zero attached hydrogens (tertiary/aromatic N) is 2. The van der Waals surface area contributed by atoms with Gasteiger partial charge >= 0.3 is 0 Å². The SMILES string of the molecule is CCNC(=NCCOc1ccc2c(c1)OCO2)NC1CCN(C(C)C)CC1. The monoisotopic (exact) mass is 376 g/mol. The lowest BCUT2D eigenvalue weighted by Gasteiger charge is -2.35. The molecule has 150 valence electrons. The molecule has 0 saturated carbocycles. The normalized spacial score (nSPS) is 18.0. The molecule has 3 rings (SSSR count). The van der Waals surface area contributed by atoms with Crippen LogP contribution < -0.4 is 24.8 Å². The summed E-state index contributed by atoms with van der Waals surface area (Å²) in [5.74, 6) is 3.14. The van der Waals surface area contributed by atoms with Crippen LogP contribution in [0.3, 0.4) is 0 Å². The van der Waals surface area contributed by atoms with Crippen LogP contribution in [0.25, 0.3) is 0 Å². The van der Waals surface area contributed by atoms with Gasteiger partial charge in [-0.25, -0.2) is 4.99 Å². The lowest BCUT2D eigenvalue weighted by molar-refractivity contribution is 0.167. The molecule has 0 aromatic heterocycles. The summed E-state index contributed by atoms with van der Waals surface area (Å²) in [5, 5.41) is 6.90. The predicted molar refractivity (Wildman–Crippen MR) is 107 cm³/mol. The van der Waals surface area contributed by atoms with E-state index in [1.807, 2.05) is 18.2 Å². The minimum Gasteiger partial charge on any atom is -0.492 e. The van der Waals surface area contributed by atoms with E-state index in [-0.39, 0.29) is 6.79 Å². The van der Waals surface area contributed by atoms with E-state index in [0.717, 1.165) is 55.7 Å². The molecule has 0 aliphatic carbocycles. The first-order valence-electron chi connectivity index (χ1n) is 9.97. The van der Waals surface area contributed by atoms with Crippen molar-refractivity contribution in [3.63, 3.8) is 0 Å². The molecule has 2 aliphatic heterocycles. The minimum absolute atomic E-state index is 0.275. The summed E-state index contributed by atoms with van der Waals surface area (Å²) < 4.78 is 16.5. The van der Waals surface area contributed by atoms with Crippen molar-refractivity contribution >= 4 is 5.96 Å². The molecule has 0 atom stereocenters. The van der Waals surface area contributed by atoms with Gasteiger partial charge in [0.25, 0.3) is 0 Å². The Morgan fingerprint density at radius 1 is 1.26 bits per heavy atom. The maximum atomic E-state index is 5.79. The highest BCUT2D eigenvalue weighted by atomic mass is 16.7. The van der Waals surface area contributed by atoms with Crippen molar-refractivity contribution in [3.05, 3.63) is 18.2 Å². The fourth-order valence-corrected chi connectivity index (χ4v) is 3.36. The van der Waals surface area contributed by atoms with Crippen LogP contribution in [0.2, 0.25) is 0 Å². The molecule has 0 unspecified atom stereocenters. The standard InChI is InChI=1S/C20H32N4O3/c1-4-21-20(23-16-7-10-24(11-8-16)15(2)3)22-9-12-25-17-5-6-18-19(13-17)27-14-26-18/h5-6,13,15-16H,4,7-12,14H2,1-3H3,(H2,21,22,23). The van der Waals surface area contributed by atoms with Crippen molar-refractivity contribution < 1.29 is 14.2 Å². The molecular weight excluding hydrogens is 344 g/mol. The Hall–Kier alpha value is -2.15. The molecule has 7 nitrogen and oxygen atoms in total. The van der Waals surface area contributed by atoms with Crippen molar-refractivity contribution in [3.8, 4) is 17.2 Å². The number of ether oxygens (including phenoxy) is 3. The third-order valence-corrected chi connectivity index (χ3v) is 4.92. The second-order valence-corrected chi connectivity index (χ2v) is 7.17. The van der Waals surface area contributed by atoms with E-state index >= 15 is 0 Å². The summed E-state index contributed by atoms with van der Waals surface area (Å²) in [6.45, 7) is 11.1. The quantitative estimate of drug-likeness (QED) is 0.432. The first-order chi connectivity index (χ1) is 13.2. The van der Waals surface area contributed by atoms with Crippen LogP contribution in [0, 0.1) is 0 Å². The second kappa shape index (κ2) is 9.69. The van der Waals surface area contributed by atoms with Gasteiger partial charge in [-0.3, -0.25) is 0 Å². The Labute approximate surface area is 162 Å². The third kappa shape index (κ3) is 5.66. The van der Waals surface area contributed by atoms with Gasteiger partial charge in [0.15, 0.2) is 17.5 Å². The molecule has 2 N–H and O–H groups in total. The van der Waals surface area contributed by atoms with Gasteiger partial charge in [0.1, 0.15) is 12.4 Å². The Morgan fingerprint density at radius 3 is 2.78 bits per heavy atom. The van der Waals surface area contributed by atoms with Crippen LogP contribution >= 0.6 is 0 Å². The molecule has 0 spiro atoms. The number of piperidine rings is 1. The molecule has 2 heterocycles. The molecule has 0 radical (unpaired) electrons. The Bertz CT molecular complexity index is 628. The summed E-state index contributed by atoms with van der Waals surface area (Å²) in [6.07, 6.45) is 2.30. The number of hydrogen-bond donors (Lipinski definition) is 2. The van der Waals surface area contributed by atoms with Crippen molar-refractivity contribution in [2.24, 2.45) is 4.99 Å². The highest BCUT2D eigenvalue weighted by Gasteiger charge is 2.21. The van der Waals surface area contributed by atoms with E-state index in [9.17, 15) is 0 Å². The van der Waals surface area contributed by atoms with E-state index in [0.29, 0.717) is 25.2 Å². The minimum atomic E-state index is 0.275. The smallest absolute Gasteiger partial charge is 0.231 e. The van der Waals surface area contributed by atoms with Crippen LogP contribution in [0.15, 0.2) is 23.2 Å². The van der Waals surface area contributed by atoms with Crippen LogP contribution in [0.4, 0.5) is 0 Å². The van der Waals surface area contributed by atoms with Crippen molar-refractivity contribution in [1.82, 2.24) is 15.5 Å². The van der Waals surface area contributed by atoms with Gasteiger partial charge in [0.05, 0.1) is 6.54 Å². The number of nitrogens with one attached hydrogen (secondary N) is 2. The summed E-state index contributed by atoms with van der Waals surface area (Å²) in [6, 6.07) is 6.73. The van der Waals surface area contributed by atoms with Crippen molar-refractivity contribution in [2.75, 3.05) is 39.6 Å². The number of rotatable bonds is 7. The summed E-state index contributed by atoms with van der Waals surface area (Å²) in [5.41, 5.74) is 0. The maximum absolute atomic E-state index is 5.79. The Morgan fingerprint density at radius 2 is 2.04 bits per heavy atom. The molecule has 1 fully saturated rings. The van der Waals surface area contributed by atoms with Gasteiger partial charge in [0.2, 0.25) is 6.79 Å². The average molecular weight is 377 g/mol. The Balaban J connectivity index is 1.43. The van der Waals surface area contributed by atoms with Gasteiger partial charge in [-0.15, -0.1) is 0 Å². The van der Waals surface area contributed by atoms with Gasteiger partial charge in [0, 0.05) is 37.8 Å². The lowest BCUT2D eigenvalue weighted by atomic mass is 10.0. The third-order valence-electron chi connectivity index (χ3n) is 4.92. The number of aliphatic imine (C=N–C) groups is 1. The number of likely N-dealkylation sites (tertiary alicyclic amines) is 1. The molecule has 1 saturated heterocycles. The highest BCUT2D eigenvalue weighted by molar-refractivity contribution is 5.80. The van der Waals surface area contributed by atoms with E-state index in [2.05, 4.69) is 41.3 Å². The molecule has 7 heteroatoms. The Kier molecular flexibility index (Phi) is 7.04. The topological polar surface area (TPSA) is 67.4 Å². The van der Waals surface area contributed by atoms with Crippen LogP contribution in [-0.4, -0.2) is 62.5 Å². The molecule has 27 heavy (non-hydrogen) atoms. The highest BCUT2D eigenvalue weighted by Crippen LogP contribution is 2.34. The largest absolute Gasteiger partial charge is 0.492 e. The average Bonchev–Trinajstić information content (AvgIpc) is 3.13. The zero-order valence-electron chi connectivity index (χ0n) is 16.7. The number of guanidine groups is 1. The van der Waals surface area contributed by atoms with Gasteiger partial charge in [-0.05, 0) is 45.7 Å². The van der Waals surface area contributed by atoms with Crippen molar-refractivity contribution in [1.29, 1.82) is 0 Å². The fraction of sp³-hybridized carbons (Fsp3) is 0.650. The predicted octanol–water partition coefficient (Wildman–Crippen LogP) is 2.22. The zero-order chi connectivity index (χ0) is 19.1. The molecule has 2 aliphatic rings. The van der Waals surface area contributed by atoms with Crippen LogP contribution in [-0.2, 0) is 0 Å². The maximum Gasteiger partial charge on any atom is 0.231 e. The zero-order valence-corrected chi connectivity index (χ0v) is 16.7. The van der Waals surface area contributed by atoms with E-state index in [1.165, 1.54) is 0 Å². The van der Waals surface area contributed by atoms with E-state index in [1.54, 1.807) is 0 Å². The lowest BCUT2D eigenvalue weighted by Crippen LogP contribution is -2.50. The van der Waals surface area contributed by atoms with Crippen molar-refractivity contribution in [2.45, 2.75) is 45.7 Å². The molecular formula is C20H32N4O3. The van der Waals surface area contributed by atoms with Gasteiger partial charge < -0.3 is 29.7 Å². The van der Waals surface area contributed by atoms with Crippen LogP contribution in [0.1, 0.15) is 33.6 Å². The molecule has 0 bridgehead atoms. The number of fused-ring (bicyclic) bond motifs is 1. The molecule has 1 aromatic rings. The fourth-order valence-electron chi connectivity index (χ4n) is 3.36. The van der Waals surface area contributed by atoms with E-state index < -0.39 is 0 Å². The first kappa shape index (κ1) is 19.6. The molecule has 1 aromatic carbocycles. The number of hydrogen-bond acceptors (Lipinski definition) is 5. The van der Waals surface area contributed by atoms with Gasteiger partial charge in [-0.1, -0.05) is 0 Å². The summed E-state index contributed by atoms with van der Waals surface area (Å²) in [7, 11) is 0. The first-order valence-corrected chi connectivity index (χ1v) is 9.97. The number of benzene rings is 1. The van der Waals surface area contributed by atoms with E-state index in [4.69, 9.17) is 14.2 Å². The second-order valence-electron chi connectivity index (χ2n) is 7.17.